The van der Waals surface area contributed by atoms with Crippen LogP contribution in [-0.4, -0.2) is 24.0 Å². The lowest BCUT2D eigenvalue weighted by Gasteiger charge is -2.17. The molecular formula is C20H17ClN2O2. The Labute approximate surface area is 151 Å². The van der Waals surface area contributed by atoms with E-state index < -0.39 is 0 Å². The Morgan fingerprint density at radius 2 is 2.00 bits per heavy atom. The van der Waals surface area contributed by atoms with Crippen molar-refractivity contribution in [3.63, 3.8) is 0 Å². The minimum atomic E-state index is 0.0375. The third-order valence-electron chi connectivity index (χ3n) is 4.32. The van der Waals surface area contributed by atoms with Crippen molar-refractivity contribution in [2.24, 2.45) is 0 Å². The van der Waals surface area contributed by atoms with E-state index >= 15 is 0 Å². The van der Waals surface area contributed by atoms with E-state index in [1.165, 1.54) is 0 Å². The Morgan fingerprint density at radius 3 is 2.84 bits per heavy atom. The molecule has 0 fully saturated rings. The molecule has 3 aromatic rings. The zero-order valence-corrected chi connectivity index (χ0v) is 14.4. The van der Waals surface area contributed by atoms with Crippen molar-refractivity contribution in [3.8, 4) is 5.75 Å². The number of pyridine rings is 1. The molecule has 0 aliphatic carbocycles. The second-order valence-corrected chi connectivity index (χ2v) is 6.45. The summed E-state index contributed by atoms with van der Waals surface area (Å²) in [6.45, 7) is 1.02. The Kier molecular flexibility index (Phi) is 4.28. The van der Waals surface area contributed by atoms with Crippen LogP contribution in [0.25, 0.3) is 10.9 Å². The highest BCUT2D eigenvalue weighted by atomic mass is 35.5. The van der Waals surface area contributed by atoms with Gasteiger partial charge in [0.05, 0.1) is 18.5 Å². The highest BCUT2D eigenvalue weighted by molar-refractivity contribution is 6.31. The van der Waals surface area contributed by atoms with E-state index in [-0.39, 0.29) is 5.91 Å². The van der Waals surface area contributed by atoms with Gasteiger partial charge in [0.2, 0.25) is 5.91 Å². The summed E-state index contributed by atoms with van der Waals surface area (Å²) in [6, 6.07) is 17.2. The van der Waals surface area contributed by atoms with E-state index in [4.69, 9.17) is 16.3 Å². The molecule has 0 spiro atoms. The van der Waals surface area contributed by atoms with Crippen LogP contribution in [0, 0.1) is 0 Å². The minimum absolute atomic E-state index is 0.0375. The Morgan fingerprint density at radius 1 is 1.16 bits per heavy atom. The van der Waals surface area contributed by atoms with Crippen LogP contribution < -0.4 is 9.64 Å². The number of carbonyl (C=O) groups is 1. The van der Waals surface area contributed by atoms with Gasteiger partial charge in [0.15, 0.2) is 0 Å². The van der Waals surface area contributed by atoms with Crippen LogP contribution in [0.15, 0.2) is 54.6 Å². The number of fused-ring (bicyclic) bond motifs is 2. The average Bonchev–Trinajstić information content (AvgIpc) is 3.03. The lowest BCUT2D eigenvalue weighted by Crippen LogP contribution is -2.30. The number of amides is 1. The van der Waals surface area contributed by atoms with E-state index in [2.05, 4.69) is 11.1 Å². The fourth-order valence-corrected chi connectivity index (χ4v) is 3.27. The quantitative estimate of drug-likeness (QED) is 0.705. The number of rotatable bonds is 4. The summed E-state index contributed by atoms with van der Waals surface area (Å²) in [5.41, 5.74) is 1.94. The summed E-state index contributed by atoms with van der Waals surface area (Å²) in [7, 11) is 0. The molecule has 0 radical (unpaired) electrons. The largest absolute Gasteiger partial charge is 0.493 e. The number of anilines is 1. The summed E-state index contributed by atoms with van der Waals surface area (Å²) < 4.78 is 5.63. The normalized spacial score (nSPS) is 13.1. The van der Waals surface area contributed by atoms with Gasteiger partial charge in [-0.05, 0) is 48.4 Å². The number of ether oxygens (including phenoxy) is 1. The third kappa shape index (κ3) is 3.30. The van der Waals surface area contributed by atoms with Crippen molar-refractivity contribution in [3.05, 3.63) is 65.2 Å². The van der Waals surface area contributed by atoms with E-state index in [0.717, 1.165) is 34.5 Å². The molecule has 0 bridgehead atoms. The molecule has 1 aromatic heterocycles. The fraction of sp³-hybridized carbons (Fsp3) is 0.200. The Balaban J connectivity index is 1.47. The van der Waals surface area contributed by atoms with Gasteiger partial charge in [-0.3, -0.25) is 9.69 Å². The van der Waals surface area contributed by atoms with Crippen molar-refractivity contribution in [2.75, 3.05) is 18.1 Å². The highest BCUT2D eigenvalue weighted by Gasteiger charge is 2.26. The van der Waals surface area contributed by atoms with Crippen LogP contribution in [0.4, 0.5) is 5.82 Å². The average molecular weight is 353 g/mol. The number of hydrogen-bond acceptors (Lipinski definition) is 3. The van der Waals surface area contributed by atoms with Gasteiger partial charge < -0.3 is 4.74 Å². The first-order valence-corrected chi connectivity index (χ1v) is 8.66. The lowest BCUT2D eigenvalue weighted by atomic mass is 10.1. The van der Waals surface area contributed by atoms with Crippen LogP contribution in [-0.2, 0) is 11.2 Å². The molecule has 0 saturated heterocycles. The number of carbonyl (C=O) groups excluding carboxylic acids is 1. The standard InChI is InChI=1S/C20H17ClN2O2/c21-16-6-7-18-15(13-16)12-14-8-10-23(20(14)22-18)19(24)9-11-25-17-4-2-1-3-5-17/h1-7,12-13H,8-11H2. The van der Waals surface area contributed by atoms with Crippen molar-refractivity contribution >= 4 is 34.2 Å². The van der Waals surface area contributed by atoms with Crippen molar-refractivity contribution in [1.82, 2.24) is 4.98 Å². The van der Waals surface area contributed by atoms with Gasteiger partial charge in [-0.2, -0.15) is 0 Å². The zero-order valence-electron chi connectivity index (χ0n) is 13.6. The number of halogens is 1. The molecule has 2 aromatic carbocycles. The number of aromatic nitrogens is 1. The summed E-state index contributed by atoms with van der Waals surface area (Å²) >= 11 is 6.05. The van der Waals surface area contributed by atoms with Gasteiger partial charge in [-0.25, -0.2) is 4.98 Å². The first-order valence-electron chi connectivity index (χ1n) is 8.28. The molecular weight excluding hydrogens is 336 g/mol. The summed E-state index contributed by atoms with van der Waals surface area (Å²) in [5, 5.41) is 1.70. The molecule has 126 valence electrons. The number of para-hydroxylation sites is 1. The molecule has 0 saturated carbocycles. The van der Waals surface area contributed by atoms with E-state index in [1.54, 1.807) is 4.90 Å². The summed E-state index contributed by atoms with van der Waals surface area (Å²) in [4.78, 5) is 19.0. The predicted molar refractivity (Wildman–Crippen MR) is 99.4 cm³/mol. The zero-order chi connectivity index (χ0) is 17.2. The van der Waals surface area contributed by atoms with Crippen LogP contribution in [0.3, 0.4) is 0 Å². The van der Waals surface area contributed by atoms with E-state index in [9.17, 15) is 4.79 Å². The first kappa shape index (κ1) is 15.9. The summed E-state index contributed by atoms with van der Waals surface area (Å²) in [5.74, 6) is 1.58. The maximum atomic E-state index is 12.6. The maximum absolute atomic E-state index is 12.6. The molecule has 0 atom stereocenters. The third-order valence-corrected chi connectivity index (χ3v) is 4.56. The smallest absolute Gasteiger partial charge is 0.231 e. The van der Waals surface area contributed by atoms with E-state index in [1.807, 2.05) is 48.5 Å². The monoisotopic (exact) mass is 352 g/mol. The van der Waals surface area contributed by atoms with Gasteiger partial charge in [0.25, 0.3) is 0 Å². The molecule has 25 heavy (non-hydrogen) atoms. The fourth-order valence-electron chi connectivity index (χ4n) is 3.09. The lowest BCUT2D eigenvalue weighted by molar-refractivity contribution is -0.119. The first-order chi connectivity index (χ1) is 12.2. The summed E-state index contributed by atoms with van der Waals surface area (Å²) in [6.07, 6.45) is 1.14. The maximum Gasteiger partial charge on any atom is 0.231 e. The Hall–Kier alpha value is -2.59. The van der Waals surface area contributed by atoms with Crippen molar-refractivity contribution < 1.29 is 9.53 Å². The van der Waals surface area contributed by atoms with Gasteiger partial charge in [-0.15, -0.1) is 0 Å². The molecule has 2 heterocycles. The molecule has 4 nitrogen and oxygen atoms in total. The molecule has 5 heteroatoms. The number of nitrogens with zero attached hydrogens (tertiary/aromatic N) is 2. The molecule has 0 unspecified atom stereocenters. The second-order valence-electron chi connectivity index (χ2n) is 6.02. The predicted octanol–water partition coefficient (Wildman–Crippen LogP) is 4.25. The molecule has 4 rings (SSSR count). The van der Waals surface area contributed by atoms with Crippen LogP contribution in [0.5, 0.6) is 5.75 Å². The molecule has 0 N–H and O–H groups in total. The number of benzene rings is 2. The van der Waals surface area contributed by atoms with Crippen LogP contribution >= 0.6 is 11.6 Å². The van der Waals surface area contributed by atoms with Gasteiger partial charge in [0, 0.05) is 17.0 Å². The van der Waals surface area contributed by atoms with Gasteiger partial charge >= 0.3 is 0 Å². The van der Waals surface area contributed by atoms with Gasteiger partial charge in [0.1, 0.15) is 11.6 Å². The molecule has 1 amide bonds. The van der Waals surface area contributed by atoms with Crippen LogP contribution in [0.2, 0.25) is 5.02 Å². The second kappa shape index (κ2) is 6.73. The molecule has 1 aliphatic heterocycles. The van der Waals surface area contributed by atoms with Crippen molar-refractivity contribution in [1.29, 1.82) is 0 Å². The highest BCUT2D eigenvalue weighted by Crippen LogP contribution is 2.30. The van der Waals surface area contributed by atoms with Crippen molar-refractivity contribution in [2.45, 2.75) is 12.8 Å². The SMILES string of the molecule is O=C(CCOc1ccccc1)N1CCc2cc3cc(Cl)ccc3nc21. The van der Waals surface area contributed by atoms with E-state index in [0.29, 0.717) is 24.6 Å². The Bertz CT molecular complexity index is 928. The minimum Gasteiger partial charge on any atom is -0.493 e. The topological polar surface area (TPSA) is 42.4 Å². The molecule has 1 aliphatic rings. The van der Waals surface area contributed by atoms with Crippen LogP contribution in [0.1, 0.15) is 12.0 Å². The number of hydrogen-bond donors (Lipinski definition) is 0. The van der Waals surface area contributed by atoms with Gasteiger partial charge in [-0.1, -0.05) is 29.8 Å².